The maximum absolute atomic E-state index is 12.3. The van der Waals surface area contributed by atoms with Crippen LogP contribution in [0, 0.1) is 0 Å². The molecule has 0 saturated carbocycles. The highest BCUT2D eigenvalue weighted by Crippen LogP contribution is 2.21. The van der Waals surface area contributed by atoms with Gasteiger partial charge in [-0.2, -0.15) is 0 Å². The molecule has 0 atom stereocenters. The van der Waals surface area contributed by atoms with Crippen molar-refractivity contribution in [1.29, 1.82) is 0 Å². The van der Waals surface area contributed by atoms with Crippen molar-refractivity contribution in [2.24, 2.45) is 0 Å². The Morgan fingerprint density at radius 3 is 2.73 bits per heavy atom. The lowest BCUT2D eigenvalue weighted by Gasteiger charge is -2.10. The average Bonchev–Trinajstić information content (AvgIpc) is 3.15. The molecule has 0 radical (unpaired) electrons. The summed E-state index contributed by atoms with van der Waals surface area (Å²) in [6, 6.07) is 21.0. The van der Waals surface area contributed by atoms with E-state index in [0.717, 1.165) is 28.3 Å². The predicted octanol–water partition coefficient (Wildman–Crippen LogP) is 4.38. The van der Waals surface area contributed by atoms with E-state index in [1.54, 1.807) is 18.3 Å². The van der Waals surface area contributed by atoms with Crippen LogP contribution in [0.5, 0.6) is 0 Å². The molecule has 2 aromatic carbocycles. The molecule has 4 rings (SSSR count). The van der Waals surface area contributed by atoms with Gasteiger partial charge in [0, 0.05) is 35.8 Å². The van der Waals surface area contributed by atoms with Gasteiger partial charge in [0.25, 0.3) is 5.91 Å². The normalized spacial score (nSPS) is 10.6. The molecule has 26 heavy (non-hydrogen) atoms. The Morgan fingerprint density at radius 1 is 0.962 bits per heavy atom. The fourth-order valence-electron chi connectivity index (χ4n) is 2.80. The van der Waals surface area contributed by atoms with Gasteiger partial charge in [-0.3, -0.25) is 4.79 Å². The van der Waals surface area contributed by atoms with Crippen molar-refractivity contribution in [3.63, 3.8) is 0 Å². The van der Waals surface area contributed by atoms with Crippen LogP contribution in [0.25, 0.3) is 11.4 Å². The van der Waals surface area contributed by atoms with Gasteiger partial charge in [0.05, 0.1) is 5.69 Å². The maximum atomic E-state index is 12.3. The van der Waals surface area contributed by atoms with Crippen LogP contribution >= 0.6 is 0 Å². The zero-order valence-electron chi connectivity index (χ0n) is 14.1. The van der Waals surface area contributed by atoms with Crippen molar-refractivity contribution < 1.29 is 4.79 Å². The molecule has 5 heteroatoms. The number of fused-ring (bicyclic) bond motifs is 1. The Bertz CT molecular complexity index is 994. The van der Waals surface area contributed by atoms with Crippen LogP contribution in [-0.2, 0) is 6.54 Å². The van der Waals surface area contributed by atoms with Gasteiger partial charge in [-0.1, -0.05) is 30.3 Å². The second-order valence-corrected chi connectivity index (χ2v) is 6.01. The Hall–Kier alpha value is -3.60. The van der Waals surface area contributed by atoms with Crippen LogP contribution in [0.3, 0.4) is 0 Å². The van der Waals surface area contributed by atoms with Gasteiger partial charge in [0.2, 0.25) is 0 Å². The molecule has 3 N–H and O–H groups in total. The van der Waals surface area contributed by atoms with E-state index >= 15 is 0 Å². The first-order chi connectivity index (χ1) is 12.8. The van der Waals surface area contributed by atoms with E-state index in [1.165, 1.54) is 0 Å². The Kier molecular flexibility index (Phi) is 4.35. The van der Waals surface area contributed by atoms with Crippen LogP contribution in [-0.4, -0.2) is 15.9 Å². The van der Waals surface area contributed by atoms with Crippen molar-refractivity contribution in [3.8, 4) is 11.4 Å². The number of aromatic amines is 1. The molecule has 2 heterocycles. The lowest BCUT2D eigenvalue weighted by atomic mass is 10.1. The van der Waals surface area contributed by atoms with Crippen molar-refractivity contribution in [2.45, 2.75) is 6.54 Å². The second kappa shape index (κ2) is 7.11. The molecule has 2 aromatic rings. The molecule has 0 unspecified atom stereocenters. The first-order valence-electron chi connectivity index (χ1n) is 8.40. The standard InChI is InChI=1S/C21H18N4O/c26-21(16-6-2-1-3-7-16)25-18-8-4-5-15(11-18)13-23-19-12-17-9-10-22-20(17)24-14-19/h1-12,14,23H,13H2,(H,22,24)(H,25,26). The lowest BCUT2D eigenvalue weighted by molar-refractivity contribution is 0.102. The highest BCUT2D eigenvalue weighted by molar-refractivity contribution is 6.04. The number of hydrogen-bond donors (Lipinski definition) is 3. The Labute approximate surface area is 151 Å². The quantitative estimate of drug-likeness (QED) is 0.504. The number of rotatable bonds is 5. The lowest BCUT2D eigenvalue weighted by Crippen LogP contribution is -2.12. The summed E-state index contributed by atoms with van der Waals surface area (Å²) in [6.07, 6.45) is 3.68. The highest BCUT2D eigenvalue weighted by atomic mass is 16.1. The summed E-state index contributed by atoms with van der Waals surface area (Å²) in [5.41, 5.74) is 4.56. The minimum absolute atomic E-state index is 0.112. The monoisotopic (exact) mass is 342 g/mol. The molecule has 1 amide bonds. The SMILES string of the molecule is O=C(Nc1cccc(CNc2c[nH]c3nccc-3c2)c1)c1ccccc1. The summed E-state index contributed by atoms with van der Waals surface area (Å²) in [5, 5.41) is 6.32. The summed E-state index contributed by atoms with van der Waals surface area (Å²) >= 11 is 0. The van der Waals surface area contributed by atoms with E-state index in [1.807, 2.05) is 54.7 Å². The van der Waals surface area contributed by atoms with Crippen LogP contribution in [0.15, 0.2) is 79.1 Å². The summed E-state index contributed by atoms with van der Waals surface area (Å²) in [4.78, 5) is 19.6. The summed E-state index contributed by atoms with van der Waals surface area (Å²) in [5.74, 6) is 0.764. The highest BCUT2D eigenvalue weighted by Gasteiger charge is 2.07. The number of pyridine rings is 1. The Morgan fingerprint density at radius 2 is 1.85 bits per heavy atom. The van der Waals surface area contributed by atoms with Crippen LogP contribution in [0.2, 0.25) is 0 Å². The van der Waals surface area contributed by atoms with Crippen LogP contribution < -0.4 is 10.6 Å². The summed E-state index contributed by atoms with van der Waals surface area (Å²) in [7, 11) is 0. The number of anilines is 2. The van der Waals surface area contributed by atoms with Gasteiger partial charge in [0.15, 0.2) is 0 Å². The number of carbonyl (C=O) groups is 1. The predicted molar refractivity (Wildman–Crippen MR) is 103 cm³/mol. The maximum Gasteiger partial charge on any atom is 0.255 e. The van der Waals surface area contributed by atoms with Gasteiger partial charge < -0.3 is 15.6 Å². The minimum Gasteiger partial charge on any atom is -0.380 e. The van der Waals surface area contributed by atoms with Gasteiger partial charge in [-0.05, 0) is 42.0 Å². The third kappa shape index (κ3) is 3.57. The molecular weight excluding hydrogens is 324 g/mol. The molecule has 0 aliphatic carbocycles. The number of benzene rings is 2. The van der Waals surface area contributed by atoms with Crippen molar-refractivity contribution in [3.05, 3.63) is 90.3 Å². The molecule has 0 saturated heterocycles. The average molecular weight is 342 g/mol. The molecule has 5 nitrogen and oxygen atoms in total. The molecule has 128 valence electrons. The van der Waals surface area contributed by atoms with E-state index in [9.17, 15) is 4.79 Å². The van der Waals surface area contributed by atoms with Crippen molar-refractivity contribution in [1.82, 2.24) is 9.97 Å². The van der Waals surface area contributed by atoms with E-state index in [2.05, 4.69) is 26.7 Å². The Balaban J connectivity index is 1.42. The zero-order chi connectivity index (χ0) is 17.8. The van der Waals surface area contributed by atoms with E-state index in [4.69, 9.17) is 0 Å². The zero-order valence-corrected chi connectivity index (χ0v) is 14.1. The van der Waals surface area contributed by atoms with E-state index < -0.39 is 0 Å². The van der Waals surface area contributed by atoms with Crippen molar-refractivity contribution >= 4 is 17.3 Å². The number of H-pyrrole nitrogens is 1. The minimum atomic E-state index is -0.112. The van der Waals surface area contributed by atoms with E-state index in [-0.39, 0.29) is 5.91 Å². The number of hydrogen-bond acceptors (Lipinski definition) is 3. The summed E-state index contributed by atoms with van der Waals surface area (Å²) < 4.78 is 0. The number of amides is 1. The van der Waals surface area contributed by atoms with Gasteiger partial charge in [-0.25, -0.2) is 4.98 Å². The fraction of sp³-hybridized carbons (Fsp3) is 0.0476. The van der Waals surface area contributed by atoms with Crippen LogP contribution in [0.4, 0.5) is 11.4 Å². The second-order valence-electron chi connectivity index (χ2n) is 6.01. The smallest absolute Gasteiger partial charge is 0.255 e. The third-order valence-corrected chi connectivity index (χ3v) is 4.12. The first-order valence-corrected chi connectivity index (χ1v) is 8.40. The number of carbonyl (C=O) groups excluding carboxylic acids is 1. The number of aromatic nitrogens is 2. The topological polar surface area (TPSA) is 69.8 Å². The molecule has 2 aliphatic rings. The van der Waals surface area contributed by atoms with Gasteiger partial charge in [-0.15, -0.1) is 0 Å². The molecule has 0 aromatic heterocycles. The number of nitrogens with zero attached hydrogens (tertiary/aromatic N) is 1. The molecule has 0 bridgehead atoms. The largest absolute Gasteiger partial charge is 0.380 e. The third-order valence-electron chi connectivity index (χ3n) is 4.12. The fourth-order valence-corrected chi connectivity index (χ4v) is 2.80. The molecule has 0 spiro atoms. The van der Waals surface area contributed by atoms with Gasteiger partial charge in [0.1, 0.15) is 5.82 Å². The van der Waals surface area contributed by atoms with Crippen LogP contribution in [0.1, 0.15) is 15.9 Å². The van der Waals surface area contributed by atoms with Crippen molar-refractivity contribution in [2.75, 3.05) is 10.6 Å². The summed E-state index contributed by atoms with van der Waals surface area (Å²) in [6.45, 7) is 0.655. The number of nitrogens with one attached hydrogen (secondary N) is 3. The molecule has 2 aliphatic heterocycles. The first kappa shape index (κ1) is 15.9. The van der Waals surface area contributed by atoms with E-state index in [0.29, 0.717) is 12.1 Å². The van der Waals surface area contributed by atoms with Gasteiger partial charge >= 0.3 is 0 Å². The molecular formula is C21H18N4O. The molecule has 0 fully saturated rings.